The lowest BCUT2D eigenvalue weighted by Crippen LogP contribution is -2.46. The highest BCUT2D eigenvalue weighted by Crippen LogP contribution is 2.33. The minimum atomic E-state index is -0.896. The van der Waals surface area contributed by atoms with Gasteiger partial charge in [-0.3, -0.25) is 14.7 Å². The van der Waals surface area contributed by atoms with Crippen LogP contribution in [0.2, 0.25) is 0 Å². The first-order chi connectivity index (χ1) is 11.6. The van der Waals surface area contributed by atoms with Gasteiger partial charge in [-0.05, 0) is 43.5 Å². The molecule has 1 fully saturated rings. The molecule has 24 heavy (non-hydrogen) atoms. The molecule has 0 atom stereocenters. The lowest BCUT2D eigenvalue weighted by molar-refractivity contribution is -0.124. The molecule has 2 aromatic heterocycles. The lowest BCUT2D eigenvalue weighted by Gasteiger charge is -2.38. The molecule has 0 bridgehead atoms. The van der Waals surface area contributed by atoms with Crippen LogP contribution in [0.1, 0.15) is 29.9 Å². The molecular weight excluding hydrogens is 306 g/mol. The van der Waals surface area contributed by atoms with Crippen LogP contribution in [0.15, 0.2) is 41.1 Å². The van der Waals surface area contributed by atoms with Gasteiger partial charge in [0.05, 0.1) is 25.0 Å². The topological polar surface area (TPSA) is 78.6 Å². The molecule has 1 aliphatic rings. The molecule has 3 rings (SSSR count). The van der Waals surface area contributed by atoms with Gasteiger partial charge in [-0.15, -0.1) is 0 Å². The Labute approximate surface area is 141 Å². The molecule has 128 valence electrons. The maximum Gasteiger partial charge on any atom is 0.234 e. The number of aliphatic hydroxyl groups is 1. The van der Waals surface area contributed by atoms with Gasteiger partial charge in [0.25, 0.3) is 0 Å². The van der Waals surface area contributed by atoms with Crippen molar-refractivity contribution in [3.05, 3.63) is 53.7 Å². The quantitative estimate of drug-likeness (QED) is 0.871. The van der Waals surface area contributed by atoms with Crippen LogP contribution in [0.5, 0.6) is 0 Å². The Hall–Kier alpha value is -2.18. The van der Waals surface area contributed by atoms with E-state index in [0.29, 0.717) is 39.0 Å². The van der Waals surface area contributed by atoms with E-state index in [9.17, 15) is 9.90 Å². The first kappa shape index (κ1) is 16.7. The summed E-state index contributed by atoms with van der Waals surface area (Å²) in [5.41, 5.74) is 0.864. The summed E-state index contributed by atoms with van der Waals surface area (Å²) in [5.74, 6) is 0.702. The fraction of sp³-hybridized carbons (Fsp3) is 0.444. The number of likely N-dealkylation sites (tertiary alicyclic amines) is 1. The third-order valence-electron chi connectivity index (χ3n) is 4.54. The third kappa shape index (κ3) is 3.83. The van der Waals surface area contributed by atoms with Gasteiger partial charge < -0.3 is 14.8 Å². The van der Waals surface area contributed by atoms with Gasteiger partial charge in [-0.1, -0.05) is 6.07 Å². The summed E-state index contributed by atoms with van der Waals surface area (Å²) < 4.78 is 5.19. The Bertz CT molecular complexity index is 677. The molecular formula is C18H23N3O3. The number of piperidine rings is 1. The summed E-state index contributed by atoms with van der Waals surface area (Å²) >= 11 is 0. The van der Waals surface area contributed by atoms with E-state index >= 15 is 0 Å². The number of aryl methyl sites for hydroxylation is 1. The largest absolute Gasteiger partial charge is 0.467 e. The highest BCUT2D eigenvalue weighted by Gasteiger charge is 2.36. The van der Waals surface area contributed by atoms with E-state index in [2.05, 4.69) is 15.2 Å². The second-order valence-electron chi connectivity index (χ2n) is 6.33. The molecule has 1 amide bonds. The van der Waals surface area contributed by atoms with Crippen molar-refractivity contribution in [2.45, 2.75) is 31.9 Å². The summed E-state index contributed by atoms with van der Waals surface area (Å²) in [4.78, 5) is 18.4. The van der Waals surface area contributed by atoms with Crippen molar-refractivity contribution in [1.29, 1.82) is 0 Å². The number of nitrogens with zero attached hydrogens (tertiary/aromatic N) is 2. The van der Waals surface area contributed by atoms with Crippen molar-refractivity contribution < 1.29 is 14.3 Å². The predicted octanol–water partition coefficient (Wildman–Crippen LogP) is 1.58. The minimum absolute atomic E-state index is 0.0362. The monoisotopic (exact) mass is 329 g/mol. The summed E-state index contributed by atoms with van der Waals surface area (Å²) in [6.07, 6.45) is 4.47. The number of amides is 1. The van der Waals surface area contributed by atoms with Crippen LogP contribution in [-0.2, 0) is 16.9 Å². The number of nitrogens with one attached hydrogen (secondary N) is 1. The molecule has 0 radical (unpaired) electrons. The minimum Gasteiger partial charge on any atom is -0.467 e. The molecule has 1 saturated heterocycles. The van der Waals surface area contributed by atoms with Gasteiger partial charge in [0.1, 0.15) is 11.4 Å². The van der Waals surface area contributed by atoms with E-state index in [0.717, 1.165) is 17.0 Å². The first-order valence-corrected chi connectivity index (χ1v) is 8.23. The van der Waals surface area contributed by atoms with Crippen LogP contribution < -0.4 is 5.32 Å². The van der Waals surface area contributed by atoms with Gasteiger partial charge in [0.2, 0.25) is 5.91 Å². The predicted molar refractivity (Wildman–Crippen MR) is 89.1 cm³/mol. The number of hydrogen-bond donors (Lipinski definition) is 2. The molecule has 2 aromatic rings. The van der Waals surface area contributed by atoms with Crippen LogP contribution in [0, 0.1) is 6.92 Å². The molecule has 6 heteroatoms. The molecule has 0 aliphatic carbocycles. The van der Waals surface area contributed by atoms with Crippen molar-refractivity contribution in [3.63, 3.8) is 0 Å². The second kappa shape index (κ2) is 7.15. The lowest BCUT2D eigenvalue weighted by atomic mass is 9.86. The maximum atomic E-state index is 12.0. The van der Waals surface area contributed by atoms with E-state index in [4.69, 9.17) is 4.42 Å². The highest BCUT2D eigenvalue weighted by atomic mass is 16.3. The van der Waals surface area contributed by atoms with Crippen LogP contribution in [0.25, 0.3) is 0 Å². The van der Waals surface area contributed by atoms with Crippen molar-refractivity contribution in [1.82, 2.24) is 15.2 Å². The zero-order valence-electron chi connectivity index (χ0n) is 13.9. The maximum absolute atomic E-state index is 12.0. The third-order valence-corrected chi connectivity index (χ3v) is 4.54. The summed E-state index contributed by atoms with van der Waals surface area (Å²) in [6, 6.07) is 7.47. The molecule has 1 aliphatic heterocycles. The molecule has 0 aromatic carbocycles. The summed E-state index contributed by atoms with van der Waals surface area (Å²) in [5, 5.41) is 13.7. The number of carbonyl (C=O) groups excluding carboxylic acids is 1. The highest BCUT2D eigenvalue weighted by molar-refractivity contribution is 5.77. The average molecular weight is 329 g/mol. The summed E-state index contributed by atoms with van der Waals surface area (Å²) in [6.45, 7) is 4.03. The van der Waals surface area contributed by atoms with Crippen LogP contribution in [-0.4, -0.2) is 40.5 Å². The fourth-order valence-corrected chi connectivity index (χ4v) is 3.15. The van der Waals surface area contributed by atoms with Crippen LogP contribution >= 0.6 is 0 Å². The Morgan fingerprint density at radius 3 is 2.83 bits per heavy atom. The Morgan fingerprint density at radius 1 is 1.38 bits per heavy atom. The van der Waals surface area contributed by atoms with Crippen LogP contribution in [0.4, 0.5) is 0 Å². The van der Waals surface area contributed by atoms with Gasteiger partial charge >= 0.3 is 0 Å². The van der Waals surface area contributed by atoms with Gasteiger partial charge in [0, 0.05) is 19.3 Å². The number of aromatic nitrogens is 1. The van der Waals surface area contributed by atoms with E-state index in [1.54, 1.807) is 18.5 Å². The van der Waals surface area contributed by atoms with Crippen molar-refractivity contribution in [2.75, 3.05) is 19.6 Å². The SMILES string of the molecule is Cc1cccnc1C1(O)CCN(CC(=O)NCc2ccco2)CC1. The number of carbonyl (C=O) groups is 1. The Balaban J connectivity index is 1.50. The average Bonchev–Trinajstić information content (AvgIpc) is 3.09. The number of rotatable bonds is 5. The van der Waals surface area contributed by atoms with Crippen LogP contribution in [0.3, 0.4) is 0 Å². The molecule has 3 heterocycles. The van der Waals surface area contributed by atoms with Gasteiger partial charge in [0.15, 0.2) is 0 Å². The number of pyridine rings is 1. The van der Waals surface area contributed by atoms with Gasteiger partial charge in [-0.25, -0.2) is 0 Å². The molecule has 2 N–H and O–H groups in total. The van der Waals surface area contributed by atoms with Gasteiger partial charge in [-0.2, -0.15) is 0 Å². The second-order valence-corrected chi connectivity index (χ2v) is 6.33. The van der Waals surface area contributed by atoms with Crippen molar-refractivity contribution >= 4 is 5.91 Å². The number of hydrogen-bond acceptors (Lipinski definition) is 5. The van der Waals surface area contributed by atoms with E-state index in [1.807, 2.05) is 25.1 Å². The molecule has 6 nitrogen and oxygen atoms in total. The van der Waals surface area contributed by atoms with Crippen molar-refractivity contribution in [2.24, 2.45) is 0 Å². The molecule has 0 unspecified atom stereocenters. The smallest absolute Gasteiger partial charge is 0.234 e. The summed E-state index contributed by atoms with van der Waals surface area (Å²) in [7, 11) is 0. The molecule has 0 spiro atoms. The Kier molecular flexibility index (Phi) is 4.97. The zero-order valence-corrected chi connectivity index (χ0v) is 13.9. The van der Waals surface area contributed by atoms with E-state index < -0.39 is 5.60 Å². The fourth-order valence-electron chi connectivity index (χ4n) is 3.15. The molecule has 0 saturated carbocycles. The zero-order chi connectivity index (χ0) is 17.0. The Morgan fingerprint density at radius 2 is 2.17 bits per heavy atom. The number of furan rings is 1. The van der Waals surface area contributed by atoms with Crippen molar-refractivity contribution in [3.8, 4) is 0 Å². The normalized spacial score (nSPS) is 17.6. The van der Waals surface area contributed by atoms with E-state index in [-0.39, 0.29) is 5.91 Å². The first-order valence-electron chi connectivity index (χ1n) is 8.23. The van der Waals surface area contributed by atoms with E-state index in [1.165, 1.54) is 0 Å². The standard InChI is InChI=1S/C18H23N3O3/c1-14-4-2-8-19-17(14)18(23)6-9-21(10-7-18)13-16(22)20-12-15-5-3-11-24-15/h2-5,8,11,23H,6-7,9-10,12-13H2,1H3,(H,20,22).